The predicted molar refractivity (Wildman–Crippen MR) is 95.5 cm³/mol. The van der Waals surface area contributed by atoms with Crippen LogP contribution in [0.4, 0.5) is 0 Å². The van der Waals surface area contributed by atoms with Crippen LogP contribution in [-0.2, 0) is 11.3 Å². The SMILES string of the molecule is Cc1ccc(CN(CCC(C)C)CC(O)COCC(C)C)s1. The standard InChI is InChI=1S/C18H33NO2S/c1-14(2)8-9-19(11-18-7-6-16(5)22-18)10-17(20)13-21-12-15(3)4/h6-7,14-15,17,20H,8-13H2,1-5H3. The Morgan fingerprint density at radius 2 is 1.86 bits per heavy atom. The molecule has 128 valence electrons. The van der Waals surface area contributed by atoms with E-state index in [0.29, 0.717) is 31.6 Å². The van der Waals surface area contributed by atoms with Crippen molar-refractivity contribution < 1.29 is 9.84 Å². The first-order chi connectivity index (χ1) is 10.4. The summed E-state index contributed by atoms with van der Waals surface area (Å²) >= 11 is 1.84. The fourth-order valence-electron chi connectivity index (χ4n) is 2.26. The lowest BCUT2D eigenvalue weighted by atomic mass is 10.1. The summed E-state index contributed by atoms with van der Waals surface area (Å²) in [5.74, 6) is 1.19. The molecule has 1 aromatic rings. The van der Waals surface area contributed by atoms with Gasteiger partial charge in [-0.25, -0.2) is 0 Å². The van der Waals surface area contributed by atoms with Gasteiger partial charge >= 0.3 is 0 Å². The Bertz CT molecular complexity index is 404. The molecule has 0 saturated carbocycles. The van der Waals surface area contributed by atoms with Gasteiger partial charge in [0.15, 0.2) is 0 Å². The van der Waals surface area contributed by atoms with Gasteiger partial charge in [-0.2, -0.15) is 0 Å². The van der Waals surface area contributed by atoms with Crippen LogP contribution in [0.5, 0.6) is 0 Å². The number of ether oxygens (including phenoxy) is 1. The maximum absolute atomic E-state index is 10.2. The van der Waals surface area contributed by atoms with Gasteiger partial charge in [-0.3, -0.25) is 4.90 Å². The van der Waals surface area contributed by atoms with Gasteiger partial charge in [0.25, 0.3) is 0 Å². The molecule has 3 nitrogen and oxygen atoms in total. The largest absolute Gasteiger partial charge is 0.389 e. The van der Waals surface area contributed by atoms with Crippen molar-refractivity contribution in [1.82, 2.24) is 4.90 Å². The third-order valence-electron chi connectivity index (χ3n) is 3.43. The zero-order valence-electron chi connectivity index (χ0n) is 14.8. The van der Waals surface area contributed by atoms with Crippen molar-refractivity contribution in [3.8, 4) is 0 Å². The lowest BCUT2D eigenvalue weighted by Gasteiger charge is -2.25. The molecule has 1 unspecified atom stereocenters. The molecule has 0 fully saturated rings. The lowest BCUT2D eigenvalue weighted by Crippen LogP contribution is -2.35. The van der Waals surface area contributed by atoms with Crippen LogP contribution in [0.15, 0.2) is 12.1 Å². The molecule has 0 aliphatic rings. The Hall–Kier alpha value is -0.420. The highest BCUT2D eigenvalue weighted by atomic mass is 32.1. The summed E-state index contributed by atoms with van der Waals surface area (Å²) in [7, 11) is 0. The van der Waals surface area contributed by atoms with E-state index in [2.05, 4.69) is 51.7 Å². The Morgan fingerprint density at radius 1 is 1.14 bits per heavy atom. The first kappa shape index (κ1) is 19.6. The molecule has 0 spiro atoms. The number of aryl methyl sites for hydroxylation is 1. The molecule has 0 saturated heterocycles. The van der Waals surface area contributed by atoms with E-state index in [4.69, 9.17) is 4.74 Å². The number of rotatable bonds is 11. The monoisotopic (exact) mass is 327 g/mol. The number of thiophene rings is 1. The van der Waals surface area contributed by atoms with Gasteiger partial charge in [0.2, 0.25) is 0 Å². The Balaban J connectivity index is 2.46. The normalized spacial score (nSPS) is 13.5. The van der Waals surface area contributed by atoms with Crippen molar-refractivity contribution in [2.75, 3.05) is 26.3 Å². The molecule has 0 amide bonds. The van der Waals surface area contributed by atoms with Crippen molar-refractivity contribution in [3.63, 3.8) is 0 Å². The third kappa shape index (κ3) is 8.89. The van der Waals surface area contributed by atoms with Crippen LogP contribution in [0.1, 0.15) is 43.9 Å². The summed E-state index contributed by atoms with van der Waals surface area (Å²) in [6.07, 6.45) is 0.746. The Morgan fingerprint density at radius 3 is 2.41 bits per heavy atom. The smallest absolute Gasteiger partial charge is 0.0900 e. The number of hydrogen-bond acceptors (Lipinski definition) is 4. The van der Waals surface area contributed by atoms with Crippen LogP contribution in [0.3, 0.4) is 0 Å². The fraction of sp³-hybridized carbons (Fsp3) is 0.778. The molecule has 4 heteroatoms. The van der Waals surface area contributed by atoms with E-state index in [-0.39, 0.29) is 0 Å². The molecule has 0 bridgehead atoms. The second-order valence-corrected chi connectivity index (χ2v) is 8.39. The summed E-state index contributed by atoms with van der Waals surface area (Å²) in [4.78, 5) is 5.07. The van der Waals surface area contributed by atoms with Gasteiger partial charge < -0.3 is 9.84 Å². The highest BCUT2D eigenvalue weighted by molar-refractivity contribution is 7.11. The molecule has 1 heterocycles. The number of nitrogens with zero attached hydrogens (tertiary/aromatic N) is 1. The molecule has 0 aromatic carbocycles. The van der Waals surface area contributed by atoms with E-state index in [1.807, 2.05) is 11.3 Å². The van der Waals surface area contributed by atoms with Gasteiger partial charge in [0.1, 0.15) is 0 Å². The van der Waals surface area contributed by atoms with Gasteiger partial charge in [0.05, 0.1) is 12.7 Å². The Kier molecular flexibility index (Phi) is 9.25. The van der Waals surface area contributed by atoms with E-state index in [0.717, 1.165) is 19.5 Å². The summed E-state index contributed by atoms with van der Waals surface area (Å²) in [5, 5.41) is 10.2. The molecular formula is C18H33NO2S. The van der Waals surface area contributed by atoms with Gasteiger partial charge in [0, 0.05) is 29.5 Å². The van der Waals surface area contributed by atoms with E-state index in [1.165, 1.54) is 9.75 Å². The van der Waals surface area contributed by atoms with Crippen LogP contribution in [0.2, 0.25) is 0 Å². The van der Waals surface area contributed by atoms with Crippen molar-refractivity contribution >= 4 is 11.3 Å². The van der Waals surface area contributed by atoms with Gasteiger partial charge in [-0.15, -0.1) is 11.3 Å². The van der Waals surface area contributed by atoms with Crippen LogP contribution in [-0.4, -0.2) is 42.4 Å². The third-order valence-corrected chi connectivity index (χ3v) is 4.41. The van der Waals surface area contributed by atoms with E-state index >= 15 is 0 Å². The van der Waals surface area contributed by atoms with Crippen LogP contribution in [0.25, 0.3) is 0 Å². The molecule has 1 N–H and O–H groups in total. The lowest BCUT2D eigenvalue weighted by molar-refractivity contribution is 0.00643. The molecule has 0 aliphatic carbocycles. The number of aliphatic hydroxyl groups is 1. The van der Waals surface area contributed by atoms with E-state index < -0.39 is 6.10 Å². The minimum atomic E-state index is -0.410. The Labute approximate surface area is 140 Å². The maximum Gasteiger partial charge on any atom is 0.0900 e. The van der Waals surface area contributed by atoms with E-state index in [1.54, 1.807) is 0 Å². The molecule has 0 aliphatic heterocycles. The number of hydrogen-bond donors (Lipinski definition) is 1. The van der Waals surface area contributed by atoms with Gasteiger partial charge in [-0.05, 0) is 43.9 Å². The van der Waals surface area contributed by atoms with Crippen molar-refractivity contribution in [1.29, 1.82) is 0 Å². The average Bonchev–Trinajstić information content (AvgIpc) is 2.81. The molecule has 22 heavy (non-hydrogen) atoms. The average molecular weight is 328 g/mol. The molecule has 1 aromatic heterocycles. The molecule has 1 rings (SSSR count). The number of aliphatic hydroxyl groups excluding tert-OH is 1. The van der Waals surface area contributed by atoms with Crippen molar-refractivity contribution in [3.05, 3.63) is 21.9 Å². The topological polar surface area (TPSA) is 32.7 Å². The summed E-state index contributed by atoms with van der Waals surface area (Å²) in [6.45, 7) is 14.7. The highest BCUT2D eigenvalue weighted by Gasteiger charge is 2.14. The fourth-order valence-corrected chi connectivity index (χ4v) is 3.19. The van der Waals surface area contributed by atoms with Crippen LogP contribution < -0.4 is 0 Å². The first-order valence-electron chi connectivity index (χ1n) is 8.40. The zero-order valence-corrected chi connectivity index (χ0v) is 15.7. The molecule has 0 radical (unpaired) electrons. The summed E-state index contributed by atoms with van der Waals surface area (Å²) in [6, 6.07) is 4.37. The second kappa shape index (κ2) is 10.4. The highest BCUT2D eigenvalue weighted by Crippen LogP contribution is 2.18. The zero-order chi connectivity index (χ0) is 16.5. The minimum absolute atomic E-state index is 0.410. The molecule has 1 atom stereocenters. The summed E-state index contributed by atoms with van der Waals surface area (Å²) < 4.78 is 5.56. The van der Waals surface area contributed by atoms with Crippen molar-refractivity contribution in [2.24, 2.45) is 11.8 Å². The van der Waals surface area contributed by atoms with Crippen molar-refractivity contribution in [2.45, 2.75) is 53.7 Å². The summed E-state index contributed by atoms with van der Waals surface area (Å²) in [5.41, 5.74) is 0. The van der Waals surface area contributed by atoms with Crippen LogP contribution in [0, 0.1) is 18.8 Å². The van der Waals surface area contributed by atoms with E-state index in [9.17, 15) is 5.11 Å². The molecular weight excluding hydrogens is 294 g/mol. The second-order valence-electron chi connectivity index (χ2n) is 7.02. The van der Waals surface area contributed by atoms with Crippen LogP contribution >= 0.6 is 11.3 Å². The quantitative estimate of drug-likeness (QED) is 0.668. The minimum Gasteiger partial charge on any atom is -0.389 e. The predicted octanol–water partition coefficient (Wildman–Crippen LogP) is 3.94. The first-order valence-corrected chi connectivity index (χ1v) is 9.22. The van der Waals surface area contributed by atoms with Gasteiger partial charge in [-0.1, -0.05) is 27.7 Å². The maximum atomic E-state index is 10.2.